The van der Waals surface area contributed by atoms with Gasteiger partial charge < -0.3 is 5.73 Å². The number of aromatic nitrogens is 1. The molecule has 0 unspecified atom stereocenters. The average Bonchev–Trinajstić information content (AvgIpc) is 2.26. The van der Waals surface area contributed by atoms with E-state index in [0.29, 0.717) is 9.40 Å². The minimum absolute atomic E-state index is 0.0908. The van der Waals surface area contributed by atoms with Crippen molar-refractivity contribution in [1.82, 2.24) is 4.98 Å². The highest BCUT2D eigenvalue weighted by atomic mass is 32.3. The Kier molecular flexibility index (Phi) is 4.72. The monoisotopic (exact) mass is 337 g/mol. The minimum Gasteiger partial charge on any atom is -0.389 e. The van der Waals surface area contributed by atoms with Crippen LogP contribution in [0.5, 0.6) is 0 Å². The molecule has 20 heavy (non-hydrogen) atoms. The van der Waals surface area contributed by atoms with Crippen molar-refractivity contribution in [2.24, 2.45) is 5.73 Å². The number of nitrogens with two attached hydrogens (primary N) is 1. The van der Waals surface area contributed by atoms with Crippen molar-refractivity contribution in [3.63, 3.8) is 0 Å². The number of nitrogens with zero attached hydrogens (tertiary/aromatic N) is 2. The molecule has 2 N–H and O–H groups in total. The van der Waals surface area contributed by atoms with Gasteiger partial charge in [-0.15, -0.1) is 0 Å². The Morgan fingerprint density at radius 2 is 1.95 bits per heavy atom. The van der Waals surface area contributed by atoms with E-state index in [9.17, 15) is 16.8 Å². The fraction of sp³-hybridized carbons (Fsp3) is 0.400. The van der Waals surface area contributed by atoms with Crippen LogP contribution in [0.4, 0.5) is 5.69 Å². The summed E-state index contributed by atoms with van der Waals surface area (Å²) in [5.41, 5.74) is 5.94. The third kappa shape index (κ3) is 3.44. The molecule has 1 aromatic rings. The molecule has 0 saturated heterocycles. The van der Waals surface area contributed by atoms with E-state index in [-0.39, 0.29) is 22.0 Å². The van der Waals surface area contributed by atoms with Crippen LogP contribution in [0.1, 0.15) is 18.2 Å². The Labute approximate surface area is 123 Å². The van der Waals surface area contributed by atoms with E-state index in [4.69, 9.17) is 18.0 Å². The van der Waals surface area contributed by atoms with Crippen molar-refractivity contribution < 1.29 is 16.8 Å². The third-order valence-electron chi connectivity index (χ3n) is 2.40. The number of thiocarbonyl (C=S) groups is 1. The molecule has 112 valence electrons. The Balaban J connectivity index is 3.76. The van der Waals surface area contributed by atoms with E-state index in [0.717, 1.165) is 6.26 Å². The molecule has 0 bridgehead atoms. The molecule has 0 radical (unpaired) electrons. The van der Waals surface area contributed by atoms with E-state index in [1.54, 1.807) is 6.92 Å². The summed E-state index contributed by atoms with van der Waals surface area (Å²) in [5, 5.41) is 0. The highest BCUT2D eigenvalue weighted by Gasteiger charge is 2.32. The molecule has 0 atom stereocenters. The molecule has 0 fully saturated rings. The van der Waals surface area contributed by atoms with Gasteiger partial charge in [-0.05, 0) is 19.9 Å². The van der Waals surface area contributed by atoms with Gasteiger partial charge in [0, 0.05) is 11.9 Å². The quantitative estimate of drug-likeness (QED) is 0.761. The lowest BCUT2D eigenvalue weighted by Crippen LogP contribution is -2.38. The number of aryl methyl sites for hydroxylation is 1. The van der Waals surface area contributed by atoms with Gasteiger partial charge in [0.1, 0.15) is 4.99 Å². The highest BCUT2D eigenvalue weighted by molar-refractivity contribution is 8.09. The molecule has 0 spiro atoms. The topological polar surface area (TPSA) is 110 Å². The smallest absolute Gasteiger partial charge is 0.247 e. The normalized spacial score (nSPS) is 12.2. The van der Waals surface area contributed by atoms with Crippen molar-refractivity contribution >= 4 is 42.9 Å². The van der Waals surface area contributed by atoms with Gasteiger partial charge in [-0.2, -0.15) is 3.71 Å². The van der Waals surface area contributed by atoms with Gasteiger partial charge in [0.2, 0.25) is 20.0 Å². The summed E-state index contributed by atoms with van der Waals surface area (Å²) in [6.07, 6.45) is 2.07. The molecule has 7 nitrogen and oxygen atoms in total. The molecule has 1 heterocycles. The summed E-state index contributed by atoms with van der Waals surface area (Å²) < 4.78 is 48.2. The molecular formula is C10H15N3O4S3. The van der Waals surface area contributed by atoms with Crippen LogP contribution in [0.3, 0.4) is 0 Å². The molecule has 0 aliphatic rings. The summed E-state index contributed by atoms with van der Waals surface area (Å²) >= 11 is 4.82. The summed E-state index contributed by atoms with van der Waals surface area (Å²) in [5.74, 6) is -0.377. The van der Waals surface area contributed by atoms with E-state index in [1.807, 2.05) is 0 Å². The second-order valence-corrected chi connectivity index (χ2v) is 8.68. The molecule has 0 amide bonds. The molecule has 1 rings (SSSR count). The lowest BCUT2D eigenvalue weighted by Gasteiger charge is -2.23. The zero-order valence-electron chi connectivity index (χ0n) is 11.2. The van der Waals surface area contributed by atoms with Crippen LogP contribution in [0.25, 0.3) is 0 Å². The Morgan fingerprint density at radius 3 is 2.35 bits per heavy atom. The number of hydrogen-bond acceptors (Lipinski definition) is 6. The van der Waals surface area contributed by atoms with Crippen LogP contribution in [0.2, 0.25) is 0 Å². The predicted octanol–water partition coefficient (Wildman–Crippen LogP) is 0.140. The van der Waals surface area contributed by atoms with Crippen molar-refractivity contribution in [3.05, 3.63) is 23.5 Å². The van der Waals surface area contributed by atoms with Gasteiger partial charge in [0.05, 0.1) is 23.3 Å². The SMILES string of the molecule is CCS(=O)(=O)N(c1cc(C)ncc1C(N)=S)S(C)(=O)=O. The fourth-order valence-electron chi connectivity index (χ4n) is 1.54. The van der Waals surface area contributed by atoms with Crippen molar-refractivity contribution in [2.45, 2.75) is 13.8 Å². The average molecular weight is 337 g/mol. The summed E-state index contributed by atoms with van der Waals surface area (Å²) in [6, 6.07) is 1.32. The second kappa shape index (κ2) is 5.62. The lowest BCUT2D eigenvalue weighted by atomic mass is 10.2. The van der Waals surface area contributed by atoms with Crippen LogP contribution in [0, 0.1) is 6.92 Å². The van der Waals surface area contributed by atoms with Crippen LogP contribution in [0.15, 0.2) is 12.3 Å². The molecule has 10 heteroatoms. The Hall–Kier alpha value is -1.26. The van der Waals surface area contributed by atoms with Gasteiger partial charge in [-0.1, -0.05) is 12.2 Å². The first kappa shape index (κ1) is 16.8. The van der Waals surface area contributed by atoms with Gasteiger partial charge in [0.25, 0.3) is 0 Å². The van der Waals surface area contributed by atoms with E-state index >= 15 is 0 Å². The third-order valence-corrected chi connectivity index (χ3v) is 6.34. The molecule has 1 aromatic heterocycles. The minimum atomic E-state index is -4.06. The van der Waals surface area contributed by atoms with Crippen molar-refractivity contribution in [2.75, 3.05) is 15.7 Å². The molecule has 0 aliphatic carbocycles. The van der Waals surface area contributed by atoms with Crippen molar-refractivity contribution in [1.29, 1.82) is 0 Å². The van der Waals surface area contributed by atoms with Gasteiger partial charge in [-0.3, -0.25) is 4.98 Å². The number of hydrogen-bond donors (Lipinski definition) is 1. The first-order chi connectivity index (χ1) is 9.00. The standard InChI is InChI=1S/C10H15N3O4S3/c1-4-20(16,17)13(19(3,14)15)9-5-7(2)12-6-8(9)10(11)18/h5-6H,4H2,1-3H3,(H2,11,18). The van der Waals surface area contributed by atoms with Gasteiger partial charge >= 0.3 is 0 Å². The maximum absolute atomic E-state index is 12.1. The molecule has 0 saturated carbocycles. The highest BCUT2D eigenvalue weighted by Crippen LogP contribution is 2.26. The van der Waals surface area contributed by atoms with Gasteiger partial charge in [-0.25, -0.2) is 16.8 Å². The molecular weight excluding hydrogens is 322 g/mol. The van der Waals surface area contributed by atoms with E-state index < -0.39 is 20.0 Å². The fourth-order valence-corrected chi connectivity index (χ4v) is 4.86. The number of pyridine rings is 1. The number of sulfonamides is 2. The van der Waals surface area contributed by atoms with Gasteiger partial charge in [0.15, 0.2) is 0 Å². The predicted molar refractivity (Wildman–Crippen MR) is 81.6 cm³/mol. The summed E-state index contributed by atoms with van der Waals surface area (Å²) in [4.78, 5) is 3.82. The zero-order valence-corrected chi connectivity index (χ0v) is 13.6. The summed E-state index contributed by atoms with van der Waals surface area (Å²) in [7, 11) is -8.10. The largest absolute Gasteiger partial charge is 0.389 e. The van der Waals surface area contributed by atoms with Crippen molar-refractivity contribution in [3.8, 4) is 0 Å². The second-order valence-electron chi connectivity index (χ2n) is 4.07. The molecule has 0 aliphatic heterocycles. The first-order valence-electron chi connectivity index (χ1n) is 5.50. The van der Waals surface area contributed by atoms with Crippen LogP contribution in [-0.2, 0) is 20.0 Å². The van der Waals surface area contributed by atoms with Crippen LogP contribution < -0.4 is 9.44 Å². The number of rotatable bonds is 5. The maximum atomic E-state index is 12.1. The number of anilines is 1. The summed E-state index contributed by atoms with van der Waals surface area (Å²) in [6.45, 7) is 2.95. The maximum Gasteiger partial charge on any atom is 0.247 e. The lowest BCUT2D eigenvalue weighted by molar-refractivity contribution is 0.588. The van der Waals surface area contributed by atoms with Crippen LogP contribution >= 0.6 is 12.2 Å². The first-order valence-corrected chi connectivity index (χ1v) is 9.37. The van der Waals surface area contributed by atoms with E-state index in [2.05, 4.69) is 4.98 Å². The Morgan fingerprint density at radius 1 is 1.40 bits per heavy atom. The van der Waals surface area contributed by atoms with E-state index in [1.165, 1.54) is 19.2 Å². The van der Waals surface area contributed by atoms with Crippen LogP contribution in [-0.4, -0.2) is 38.8 Å². The Bertz CT molecular complexity index is 741. The zero-order chi connectivity index (χ0) is 15.7. The molecule has 0 aromatic carbocycles.